The Morgan fingerprint density at radius 2 is 2.16 bits per heavy atom. The fraction of sp³-hybridized carbons (Fsp3) is 0.625. The van der Waals surface area contributed by atoms with Crippen molar-refractivity contribution in [2.24, 2.45) is 5.92 Å². The molecule has 3 rings (SSSR count). The van der Waals surface area contributed by atoms with E-state index in [2.05, 4.69) is 47.5 Å². The fourth-order valence-electron chi connectivity index (χ4n) is 3.37. The normalized spacial score (nSPS) is 28.5. The van der Waals surface area contributed by atoms with Crippen LogP contribution < -0.4 is 5.32 Å². The topological polar surface area (TPSA) is 24.5 Å². The summed E-state index contributed by atoms with van der Waals surface area (Å²) in [5.74, 6) is 0.761. The smallest absolute Gasteiger partial charge is 0.0743 e. The second-order valence-electron chi connectivity index (χ2n) is 5.68. The van der Waals surface area contributed by atoms with Gasteiger partial charge in [-0.25, -0.2) is 0 Å². The summed E-state index contributed by atoms with van der Waals surface area (Å²) >= 11 is 0. The van der Waals surface area contributed by atoms with Crippen molar-refractivity contribution in [2.45, 2.75) is 32.0 Å². The molecule has 2 aliphatic heterocycles. The highest BCUT2D eigenvalue weighted by molar-refractivity contribution is 5.16. The number of rotatable bonds is 5. The van der Waals surface area contributed by atoms with Gasteiger partial charge in [-0.15, -0.1) is 0 Å². The van der Waals surface area contributed by atoms with Crippen LogP contribution in [0.1, 0.15) is 18.9 Å². The molecule has 2 saturated heterocycles. The van der Waals surface area contributed by atoms with Crippen molar-refractivity contribution in [3.8, 4) is 0 Å². The van der Waals surface area contributed by atoms with Gasteiger partial charge >= 0.3 is 0 Å². The Hall–Kier alpha value is -0.900. The molecule has 2 fully saturated rings. The lowest BCUT2D eigenvalue weighted by atomic mass is 10.1. The highest BCUT2D eigenvalue weighted by Crippen LogP contribution is 2.30. The van der Waals surface area contributed by atoms with Crippen molar-refractivity contribution in [1.29, 1.82) is 0 Å². The average Bonchev–Trinajstić information content (AvgIpc) is 3.00. The molecule has 3 unspecified atom stereocenters. The summed E-state index contributed by atoms with van der Waals surface area (Å²) in [5, 5.41) is 3.63. The summed E-state index contributed by atoms with van der Waals surface area (Å²) in [7, 11) is 0. The minimum absolute atomic E-state index is 0.446. The molecular weight excluding hydrogens is 236 g/mol. The van der Waals surface area contributed by atoms with Crippen molar-refractivity contribution in [3.63, 3.8) is 0 Å². The lowest BCUT2D eigenvalue weighted by molar-refractivity contribution is 0.0872. The maximum absolute atomic E-state index is 5.82. The molecule has 1 N–H and O–H groups in total. The van der Waals surface area contributed by atoms with E-state index < -0.39 is 0 Å². The number of fused-ring (bicyclic) bond motifs is 1. The predicted octanol–water partition coefficient (Wildman–Crippen LogP) is 1.89. The lowest BCUT2D eigenvalue weighted by Gasteiger charge is -2.29. The molecule has 1 aromatic rings. The van der Waals surface area contributed by atoms with Crippen LogP contribution in [-0.4, -0.2) is 43.4 Å². The zero-order valence-electron chi connectivity index (χ0n) is 11.7. The van der Waals surface area contributed by atoms with Gasteiger partial charge in [-0.2, -0.15) is 0 Å². The summed E-state index contributed by atoms with van der Waals surface area (Å²) in [5.41, 5.74) is 1.41. The second kappa shape index (κ2) is 6.04. The van der Waals surface area contributed by atoms with Crippen LogP contribution in [0, 0.1) is 5.92 Å². The van der Waals surface area contributed by atoms with Crippen LogP contribution in [0.2, 0.25) is 0 Å². The SMILES string of the molecule is CCNC(Cc1ccccc1)N1CC2CCOC2C1. The van der Waals surface area contributed by atoms with Gasteiger partial charge in [0.25, 0.3) is 0 Å². The maximum Gasteiger partial charge on any atom is 0.0743 e. The van der Waals surface area contributed by atoms with Gasteiger partial charge in [0.2, 0.25) is 0 Å². The molecule has 0 aliphatic carbocycles. The molecular formula is C16H24N2O. The van der Waals surface area contributed by atoms with Crippen LogP contribution >= 0.6 is 0 Å². The first-order valence-corrected chi connectivity index (χ1v) is 7.49. The molecule has 0 spiro atoms. The number of likely N-dealkylation sites (tertiary alicyclic amines) is 1. The van der Waals surface area contributed by atoms with E-state index in [9.17, 15) is 0 Å². The molecule has 0 saturated carbocycles. The van der Waals surface area contributed by atoms with E-state index >= 15 is 0 Å². The van der Waals surface area contributed by atoms with Crippen LogP contribution in [-0.2, 0) is 11.2 Å². The molecule has 0 aromatic heterocycles. The molecule has 3 nitrogen and oxygen atoms in total. The number of nitrogens with one attached hydrogen (secondary N) is 1. The number of benzene rings is 1. The molecule has 2 heterocycles. The monoisotopic (exact) mass is 260 g/mol. The Labute approximate surface area is 115 Å². The van der Waals surface area contributed by atoms with Gasteiger partial charge < -0.3 is 10.1 Å². The Morgan fingerprint density at radius 3 is 2.89 bits per heavy atom. The van der Waals surface area contributed by atoms with Crippen LogP contribution in [0.5, 0.6) is 0 Å². The first-order chi connectivity index (χ1) is 9.36. The maximum atomic E-state index is 5.82. The van der Waals surface area contributed by atoms with E-state index in [1.165, 1.54) is 18.5 Å². The van der Waals surface area contributed by atoms with E-state index in [0.717, 1.165) is 32.0 Å². The van der Waals surface area contributed by atoms with Crippen molar-refractivity contribution in [1.82, 2.24) is 10.2 Å². The lowest BCUT2D eigenvalue weighted by Crippen LogP contribution is -2.46. The Balaban J connectivity index is 1.64. The molecule has 0 bridgehead atoms. The van der Waals surface area contributed by atoms with Crippen molar-refractivity contribution in [3.05, 3.63) is 35.9 Å². The summed E-state index contributed by atoms with van der Waals surface area (Å²) in [6, 6.07) is 10.8. The van der Waals surface area contributed by atoms with Crippen molar-refractivity contribution in [2.75, 3.05) is 26.2 Å². The zero-order chi connectivity index (χ0) is 13.1. The first-order valence-electron chi connectivity index (χ1n) is 7.49. The average molecular weight is 260 g/mol. The van der Waals surface area contributed by atoms with Gasteiger partial charge in [0, 0.05) is 32.0 Å². The van der Waals surface area contributed by atoms with Crippen LogP contribution in [0.3, 0.4) is 0 Å². The minimum atomic E-state index is 0.446. The van der Waals surface area contributed by atoms with Crippen LogP contribution in [0.15, 0.2) is 30.3 Å². The molecule has 2 aliphatic rings. The van der Waals surface area contributed by atoms with Gasteiger partial charge in [-0.3, -0.25) is 4.90 Å². The molecule has 3 heteroatoms. The Morgan fingerprint density at radius 1 is 1.32 bits per heavy atom. The largest absolute Gasteiger partial charge is 0.377 e. The molecule has 1 aromatic carbocycles. The molecule has 19 heavy (non-hydrogen) atoms. The number of hydrogen-bond donors (Lipinski definition) is 1. The molecule has 0 amide bonds. The van der Waals surface area contributed by atoms with Gasteiger partial charge in [0.05, 0.1) is 12.3 Å². The van der Waals surface area contributed by atoms with E-state index in [0.29, 0.717) is 12.3 Å². The highest BCUT2D eigenvalue weighted by atomic mass is 16.5. The summed E-state index contributed by atoms with van der Waals surface area (Å²) in [6.45, 7) is 6.45. The van der Waals surface area contributed by atoms with Crippen LogP contribution in [0.4, 0.5) is 0 Å². The number of hydrogen-bond acceptors (Lipinski definition) is 3. The van der Waals surface area contributed by atoms with E-state index in [1.54, 1.807) is 0 Å². The van der Waals surface area contributed by atoms with Gasteiger partial charge in [0.1, 0.15) is 0 Å². The first kappa shape index (κ1) is 13.1. The van der Waals surface area contributed by atoms with Gasteiger partial charge in [0.15, 0.2) is 0 Å². The predicted molar refractivity (Wildman–Crippen MR) is 77.0 cm³/mol. The molecule has 104 valence electrons. The third-order valence-electron chi connectivity index (χ3n) is 4.38. The standard InChI is InChI=1S/C16H24N2O/c1-2-17-16(10-13-6-4-3-5-7-13)18-11-14-8-9-19-15(14)12-18/h3-7,14-17H,2,8-12H2,1H3. The summed E-state index contributed by atoms with van der Waals surface area (Å²) < 4.78 is 5.82. The van der Waals surface area contributed by atoms with Gasteiger partial charge in [-0.05, 0) is 18.5 Å². The fourth-order valence-corrected chi connectivity index (χ4v) is 3.37. The van der Waals surface area contributed by atoms with E-state index in [1.807, 2.05) is 0 Å². The van der Waals surface area contributed by atoms with E-state index in [-0.39, 0.29) is 0 Å². The third kappa shape index (κ3) is 2.99. The Kier molecular flexibility index (Phi) is 4.16. The quantitative estimate of drug-likeness (QED) is 0.875. The number of ether oxygens (including phenoxy) is 1. The minimum Gasteiger partial charge on any atom is -0.377 e. The molecule has 3 atom stereocenters. The summed E-state index contributed by atoms with van der Waals surface area (Å²) in [6.07, 6.45) is 3.25. The molecule has 0 radical (unpaired) electrons. The Bertz CT molecular complexity index is 383. The van der Waals surface area contributed by atoms with Crippen LogP contribution in [0.25, 0.3) is 0 Å². The number of likely N-dealkylation sites (N-methyl/N-ethyl adjacent to an activating group) is 1. The van der Waals surface area contributed by atoms with E-state index in [4.69, 9.17) is 4.74 Å². The summed E-state index contributed by atoms with van der Waals surface area (Å²) in [4.78, 5) is 2.57. The number of nitrogens with zero attached hydrogens (tertiary/aromatic N) is 1. The second-order valence-corrected chi connectivity index (χ2v) is 5.68. The highest BCUT2D eigenvalue weighted by Gasteiger charge is 2.39. The van der Waals surface area contributed by atoms with Crippen molar-refractivity contribution >= 4 is 0 Å². The van der Waals surface area contributed by atoms with Crippen molar-refractivity contribution < 1.29 is 4.74 Å². The zero-order valence-corrected chi connectivity index (χ0v) is 11.7. The third-order valence-corrected chi connectivity index (χ3v) is 4.38. The van der Waals surface area contributed by atoms with Gasteiger partial charge in [-0.1, -0.05) is 37.3 Å².